The average molecular weight is 309 g/mol. The van der Waals surface area contributed by atoms with Gasteiger partial charge in [-0.25, -0.2) is 0 Å². The summed E-state index contributed by atoms with van der Waals surface area (Å²) in [6.45, 7) is 1.40. The van der Waals surface area contributed by atoms with Crippen molar-refractivity contribution in [2.24, 2.45) is 5.11 Å². The van der Waals surface area contributed by atoms with Crippen molar-refractivity contribution in [2.45, 2.75) is 6.92 Å². The van der Waals surface area contributed by atoms with E-state index in [1.165, 1.54) is 25.1 Å². The van der Waals surface area contributed by atoms with Gasteiger partial charge < -0.3 is 10.6 Å². The summed E-state index contributed by atoms with van der Waals surface area (Å²) in [5.74, 6) is -0.589. The van der Waals surface area contributed by atoms with Gasteiger partial charge in [-0.3, -0.25) is 9.59 Å². The average Bonchev–Trinajstić information content (AvgIpc) is 2.55. The second-order valence-corrected chi connectivity index (χ2v) is 4.76. The number of hydrogen-bond acceptors (Lipinski definition) is 4. The van der Waals surface area contributed by atoms with Crippen molar-refractivity contribution in [3.05, 3.63) is 64.0 Å². The minimum absolute atomic E-state index is 0.115. The van der Waals surface area contributed by atoms with Crippen LogP contribution in [0.15, 0.2) is 47.6 Å². The van der Waals surface area contributed by atoms with Crippen molar-refractivity contribution in [1.82, 2.24) is 0 Å². The topological polar surface area (TPSA) is 107 Å². The molecule has 2 aromatic carbocycles. The van der Waals surface area contributed by atoms with E-state index in [0.29, 0.717) is 11.3 Å². The standard InChI is InChI=1S/C16H15N5O2/c1-10(22)11-3-8-14(15(9-11)20-21-17)16(23)19-13-6-4-12(18-2)5-7-13/h3-9,18H,1-2H3,(H,19,23). The molecule has 2 N–H and O–H groups in total. The Morgan fingerprint density at radius 3 is 2.30 bits per heavy atom. The molecule has 7 heteroatoms. The van der Waals surface area contributed by atoms with Crippen molar-refractivity contribution in [2.75, 3.05) is 17.7 Å². The number of carbonyl (C=O) groups is 2. The van der Waals surface area contributed by atoms with E-state index >= 15 is 0 Å². The molecule has 0 aromatic heterocycles. The van der Waals surface area contributed by atoms with E-state index in [2.05, 4.69) is 20.7 Å². The Hall–Kier alpha value is -3.31. The molecule has 0 radical (unpaired) electrons. The summed E-state index contributed by atoms with van der Waals surface area (Å²) in [6.07, 6.45) is 0. The Morgan fingerprint density at radius 1 is 1.09 bits per heavy atom. The molecule has 23 heavy (non-hydrogen) atoms. The number of Topliss-reactive ketones (excluding diaryl/α,β-unsaturated/α-hetero) is 1. The maximum absolute atomic E-state index is 12.4. The molecule has 2 rings (SSSR count). The predicted molar refractivity (Wildman–Crippen MR) is 89.2 cm³/mol. The van der Waals surface area contributed by atoms with Crippen LogP contribution in [0.4, 0.5) is 17.1 Å². The summed E-state index contributed by atoms with van der Waals surface area (Å²) in [5, 5.41) is 9.20. The predicted octanol–water partition coefficient (Wildman–Crippen LogP) is 4.13. The van der Waals surface area contributed by atoms with Crippen molar-refractivity contribution in [1.29, 1.82) is 0 Å². The molecule has 0 bridgehead atoms. The summed E-state index contributed by atoms with van der Waals surface area (Å²) >= 11 is 0. The third-order valence-electron chi connectivity index (χ3n) is 3.23. The minimum atomic E-state index is -0.417. The van der Waals surface area contributed by atoms with Gasteiger partial charge in [0.05, 0.1) is 5.69 Å². The molecular weight excluding hydrogens is 294 g/mol. The summed E-state index contributed by atoms with van der Waals surface area (Å²) in [6, 6.07) is 11.5. The summed E-state index contributed by atoms with van der Waals surface area (Å²) in [5.41, 5.74) is 10.9. The van der Waals surface area contributed by atoms with Gasteiger partial charge in [0.1, 0.15) is 0 Å². The van der Waals surface area contributed by atoms with E-state index in [-0.39, 0.29) is 17.0 Å². The number of benzene rings is 2. The molecule has 0 aliphatic rings. The van der Waals surface area contributed by atoms with Gasteiger partial charge in [-0.15, -0.1) is 0 Å². The summed E-state index contributed by atoms with van der Waals surface area (Å²) in [4.78, 5) is 26.4. The van der Waals surface area contributed by atoms with Crippen LogP contribution in [0.5, 0.6) is 0 Å². The van der Waals surface area contributed by atoms with Crippen LogP contribution in [0.25, 0.3) is 10.4 Å². The highest BCUT2D eigenvalue weighted by Crippen LogP contribution is 2.23. The maximum atomic E-state index is 12.4. The van der Waals surface area contributed by atoms with Crippen molar-refractivity contribution < 1.29 is 9.59 Å². The number of anilines is 2. The first-order chi connectivity index (χ1) is 11.0. The zero-order chi connectivity index (χ0) is 16.8. The zero-order valence-electron chi connectivity index (χ0n) is 12.7. The lowest BCUT2D eigenvalue weighted by molar-refractivity contribution is 0.101. The third kappa shape index (κ3) is 3.87. The lowest BCUT2D eigenvalue weighted by atomic mass is 10.1. The van der Waals surface area contributed by atoms with Crippen LogP contribution in [0.1, 0.15) is 27.6 Å². The Labute approximate surface area is 133 Å². The Balaban J connectivity index is 2.30. The number of nitrogens with one attached hydrogen (secondary N) is 2. The number of ketones is 1. The molecule has 0 aliphatic heterocycles. The van der Waals surface area contributed by atoms with Crippen molar-refractivity contribution in [3.63, 3.8) is 0 Å². The fraction of sp³-hybridized carbons (Fsp3) is 0.125. The number of amides is 1. The van der Waals surface area contributed by atoms with E-state index in [1.54, 1.807) is 19.2 Å². The maximum Gasteiger partial charge on any atom is 0.256 e. The lowest BCUT2D eigenvalue weighted by Gasteiger charge is -2.09. The number of carbonyl (C=O) groups excluding carboxylic acids is 2. The molecule has 0 unspecified atom stereocenters. The fourth-order valence-electron chi connectivity index (χ4n) is 1.99. The molecule has 2 aromatic rings. The molecular formula is C16H15N5O2. The van der Waals surface area contributed by atoms with Crippen LogP contribution in [-0.2, 0) is 0 Å². The lowest BCUT2D eigenvalue weighted by Crippen LogP contribution is -2.12. The van der Waals surface area contributed by atoms with Gasteiger partial charge in [-0.2, -0.15) is 0 Å². The van der Waals surface area contributed by atoms with E-state index in [9.17, 15) is 9.59 Å². The van der Waals surface area contributed by atoms with Gasteiger partial charge in [0, 0.05) is 34.5 Å². The number of azide groups is 1. The van der Waals surface area contributed by atoms with Crippen LogP contribution in [0.3, 0.4) is 0 Å². The second kappa shape index (κ2) is 7.11. The van der Waals surface area contributed by atoms with E-state index in [1.807, 2.05) is 12.1 Å². The zero-order valence-corrected chi connectivity index (χ0v) is 12.7. The van der Waals surface area contributed by atoms with Gasteiger partial charge >= 0.3 is 0 Å². The normalized spacial score (nSPS) is 9.65. The smallest absolute Gasteiger partial charge is 0.256 e. The molecule has 0 aliphatic carbocycles. The first kappa shape index (κ1) is 16.1. The van der Waals surface area contributed by atoms with Crippen LogP contribution in [0.2, 0.25) is 0 Å². The Kier molecular flexibility index (Phi) is 4.96. The first-order valence-electron chi connectivity index (χ1n) is 6.84. The van der Waals surface area contributed by atoms with Gasteiger partial charge in [0.15, 0.2) is 5.78 Å². The molecule has 0 saturated heterocycles. The molecule has 116 valence electrons. The Bertz CT molecular complexity index is 793. The molecule has 0 saturated carbocycles. The highest BCUT2D eigenvalue weighted by atomic mass is 16.1. The second-order valence-electron chi connectivity index (χ2n) is 4.76. The Morgan fingerprint density at radius 2 is 1.74 bits per heavy atom. The van der Waals surface area contributed by atoms with Gasteiger partial charge in [0.2, 0.25) is 0 Å². The van der Waals surface area contributed by atoms with Crippen molar-refractivity contribution in [3.8, 4) is 0 Å². The quantitative estimate of drug-likeness (QED) is 0.375. The molecule has 0 atom stereocenters. The van der Waals surface area contributed by atoms with E-state index in [4.69, 9.17) is 5.53 Å². The summed E-state index contributed by atoms with van der Waals surface area (Å²) < 4.78 is 0. The SMILES string of the molecule is CNc1ccc(NC(=O)c2ccc(C(C)=O)cc2N=[N+]=[N-])cc1. The van der Waals surface area contributed by atoms with Crippen molar-refractivity contribution >= 4 is 28.8 Å². The van der Waals surface area contributed by atoms with Crippen LogP contribution < -0.4 is 10.6 Å². The number of rotatable bonds is 5. The van der Waals surface area contributed by atoms with Gasteiger partial charge in [-0.1, -0.05) is 11.2 Å². The highest BCUT2D eigenvalue weighted by Gasteiger charge is 2.13. The largest absolute Gasteiger partial charge is 0.388 e. The highest BCUT2D eigenvalue weighted by molar-refractivity contribution is 6.08. The third-order valence-corrected chi connectivity index (χ3v) is 3.23. The molecule has 0 heterocycles. The van der Waals surface area contributed by atoms with Gasteiger partial charge in [0.25, 0.3) is 5.91 Å². The van der Waals surface area contributed by atoms with E-state index in [0.717, 1.165) is 5.69 Å². The minimum Gasteiger partial charge on any atom is -0.388 e. The monoisotopic (exact) mass is 309 g/mol. The molecule has 0 fully saturated rings. The van der Waals surface area contributed by atoms with Crippen LogP contribution >= 0.6 is 0 Å². The fourth-order valence-corrected chi connectivity index (χ4v) is 1.99. The van der Waals surface area contributed by atoms with Gasteiger partial charge in [-0.05, 0) is 48.9 Å². The first-order valence-corrected chi connectivity index (χ1v) is 6.84. The molecule has 1 amide bonds. The molecule has 7 nitrogen and oxygen atoms in total. The number of nitrogens with zero attached hydrogens (tertiary/aromatic N) is 3. The van der Waals surface area contributed by atoms with Crippen LogP contribution in [0, 0.1) is 0 Å². The number of hydrogen-bond donors (Lipinski definition) is 2. The summed E-state index contributed by atoms with van der Waals surface area (Å²) in [7, 11) is 1.80. The van der Waals surface area contributed by atoms with Crippen LogP contribution in [-0.4, -0.2) is 18.7 Å². The van der Waals surface area contributed by atoms with E-state index < -0.39 is 5.91 Å². The molecule has 0 spiro atoms.